The van der Waals surface area contributed by atoms with Gasteiger partial charge in [0.1, 0.15) is 6.04 Å². The van der Waals surface area contributed by atoms with Crippen LogP contribution >= 0.6 is 0 Å². The van der Waals surface area contributed by atoms with Gasteiger partial charge in [-0.3, -0.25) is 9.59 Å². The molecular formula is C21H26N4O3. The molecule has 7 heteroatoms. The van der Waals surface area contributed by atoms with Crippen LogP contribution in [-0.2, 0) is 4.79 Å². The molecule has 2 aromatic rings. The molecular weight excluding hydrogens is 356 g/mol. The monoisotopic (exact) mass is 382 g/mol. The molecule has 0 spiro atoms. The Morgan fingerprint density at radius 3 is 2.39 bits per heavy atom. The van der Waals surface area contributed by atoms with E-state index in [0.717, 1.165) is 37.9 Å². The van der Waals surface area contributed by atoms with Gasteiger partial charge < -0.3 is 15.3 Å². The van der Waals surface area contributed by atoms with Crippen LogP contribution in [0, 0.1) is 0 Å². The van der Waals surface area contributed by atoms with Crippen molar-refractivity contribution in [2.24, 2.45) is 0 Å². The van der Waals surface area contributed by atoms with Gasteiger partial charge in [0, 0.05) is 43.2 Å². The molecule has 0 radical (unpaired) electrons. The number of piperidine rings is 1. The second-order valence-corrected chi connectivity index (χ2v) is 6.93. The highest BCUT2D eigenvalue weighted by atomic mass is 16.3. The van der Waals surface area contributed by atoms with E-state index in [4.69, 9.17) is 5.11 Å². The maximum Gasteiger partial charge on any atom is 0.251 e. The average Bonchev–Trinajstić information content (AvgIpc) is 2.77. The van der Waals surface area contributed by atoms with E-state index in [1.54, 1.807) is 42.7 Å². The molecule has 7 nitrogen and oxygen atoms in total. The Bertz CT molecular complexity index is 774. The molecule has 1 atom stereocenters. The minimum Gasteiger partial charge on any atom is -0.396 e. The summed E-state index contributed by atoms with van der Waals surface area (Å²) in [6.07, 6.45) is 7.35. The van der Waals surface area contributed by atoms with Gasteiger partial charge in [-0.25, -0.2) is 9.97 Å². The van der Waals surface area contributed by atoms with Crippen molar-refractivity contribution in [3.63, 3.8) is 0 Å². The van der Waals surface area contributed by atoms with Crippen LogP contribution in [0.25, 0.3) is 11.4 Å². The summed E-state index contributed by atoms with van der Waals surface area (Å²) in [7, 11) is 0. The number of hydrogen-bond acceptors (Lipinski definition) is 5. The maximum absolute atomic E-state index is 12.8. The Hall–Kier alpha value is -2.80. The number of carbonyl (C=O) groups excluding carboxylic acids is 2. The number of aromatic nitrogens is 2. The topological polar surface area (TPSA) is 95.4 Å². The highest BCUT2D eigenvalue weighted by Gasteiger charge is 2.26. The van der Waals surface area contributed by atoms with Gasteiger partial charge in [0.25, 0.3) is 5.91 Å². The lowest BCUT2D eigenvalue weighted by Crippen LogP contribution is -2.50. The number of hydrogen-bond donors (Lipinski definition) is 2. The average molecular weight is 382 g/mol. The van der Waals surface area contributed by atoms with E-state index < -0.39 is 6.04 Å². The number of nitrogens with zero attached hydrogens (tertiary/aromatic N) is 3. The Balaban J connectivity index is 1.67. The van der Waals surface area contributed by atoms with Crippen LogP contribution in [0.15, 0.2) is 42.7 Å². The zero-order valence-corrected chi connectivity index (χ0v) is 15.9. The van der Waals surface area contributed by atoms with Gasteiger partial charge in [-0.05, 0) is 50.3 Å². The van der Waals surface area contributed by atoms with Gasteiger partial charge in [0.2, 0.25) is 5.91 Å². The zero-order chi connectivity index (χ0) is 19.8. The van der Waals surface area contributed by atoms with E-state index in [-0.39, 0.29) is 18.4 Å². The van der Waals surface area contributed by atoms with Crippen LogP contribution in [0.2, 0.25) is 0 Å². The van der Waals surface area contributed by atoms with E-state index in [9.17, 15) is 9.59 Å². The molecule has 28 heavy (non-hydrogen) atoms. The summed E-state index contributed by atoms with van der Waals surface area (Å²) in [5, 5.41) is 12.0. The smallest absolute Gasteiger partial charge is 0.251 e. The molecule has 2 heterocycles. The second kappa shape index (κ2) is 9.94. The zero-order valence-electron chi connectivity index (χ0n) is 15.9. The van der Waals surface area contributed by atoms with Crippen LogP contribution in [-0.4, -0.2) is 57.5 Å². The molecule has 0 saturated carbocycles. The molecule has 2 N–H and O–H groups in total. The lowest BCUT2D eigenvalue weighted by atomic mass is 10.1. The van der Waals surface area contributed by atoms with Crippen molar-refractivity contribution in [3.8, 4) is 11.4 Å². The molecule has 1 aliphatic heterocycles. The number of likely N-dealkylation sites (tertiary alicyclic amines) is 1. The molecule has 1 fully saturated rings. The molecule has 3 rings (SSSR count). The van der Waals surface area contributed by atoms with E-state index in [2.05, 4.69) is 15.3 Å². The highest BCUT2D eigenvalue weighted by Crippen LogP contribution is 2.16. The van der Waals surface area contributed by atoms with Crippen LogP contribution in [0.5, 0.6) is 0 Å². The summed E-state index contributed by atoms with van der Waals surface area (Å²) in [4.78, 5) is 35.7. The molecule has 0 aliphatic carbocycles. The van der Waals surface area contributed by atoms with Gasteiger partial charge in [0.15, 0.2) is 5.82 Å². The predicted octanol–water partition coefficient (Wildman–Crippen LogP) is 2.03. The number of benzene rings is 1. The fourth-order valence-electron chi connectivity index (χ4n) is 3.35. The van der Waals surface area contributed by atoms with Gasteiger partial charge in [-0.15, -0.1) is 0 Å². The van der Waals surface area contributed by atoms with Crippen LogP contribution in [0.4, 0.5) is 0 Å². The van der Waals surface area contributed by atoms with Crippen molar-refractivity contribution < 1.29 is 14.7 Å². The summed E-state index contributed by atoms with van der Waals surface area (Å²) < 4.78 is 0. The van der Waals surface area contributed by atoms with Crippen LogP contribution in [0.3, 0.4) is 0 Å². The predicted molar refractivity (Wildman–Crippen MR) is 105 cm³/mol. The third kappa shape index (κ3) is 5.13. The van der Waals surface area contributed by atoms with E-state index in [0.29, 0.717) is 24.2 Å². The van der Waals surface area contributed by atoms with Crippen molar-refractivity contribution in [1.82, 2.24) is 20.2 Å². The molecule has 1 aromatic carbocycles. The molecule has 1 aromatic heterocycles. The number of nitrogens with one attached hydrogen (secondary N) is 1. The van der Waals surface area contributed by atoms with Gasteiger partial charge in [-0.2, -0.15) is 0 Å². The summed E-state index contributed by atoms with van der Waals surface area (Å²) in [5.41, 5.74) is 1.29. The molecule has 1 aliphatic rings. The minimum atomic E-state index is -0.616. The Morgan fingerprint density at radius 2 is 1.75 bits per heavy atom. The largest absolute Gasteiger partial charge is 0.396 e. The van der Waals surface area contributed by atoms with Crippen molar-refractivity contribution in [3.05, 3.63) is 48.3 Å². The van der Waals surface area contributed by atoms with Crippen LogP contribution < -0.4 is 5.32 Å². The molecule has 148 valence electrons. The third-order valence-electron chi connectivity index (χ3n) is 4.89. The standard InChI is InChI=1S/C21H26N4O3/c26-15-4-6-18(21(28)25-13-2-1-3-14-25)24-20(27)17-9-7-16(8-10-17)19-22-11-5-12-23-19/h5,7-12,18,26H,1-4,6,13-15H2,(H,24,27)/t18-/m0/s1. The number of rotatable bonds is 7. The minimum absolute atomic E-state index is 0.00851. The number of aliphatic hydroxyl groups excluding tert-OH is 1. The second-order valence-electron chi connectivity index (χ2n) is 6.93. The SMILES string of the molecule is O=C(N[C@@H](CCCO)C(=O)N1CCCCC1)c1ccc(-c2ncccn2)cc1. The van der Waals surface area contributed by atoms with Gasteiger partial charge in [0.05, 0.1) is 0 Å². The number of aliphatic hydroxyl groups is 1. The fraction of sp³-hybridized carbons (Fsp3) is 0.429. The number of carbonyl (C=O) groups is 2. The Kier molecular flexibility index (Phi) is 7.08. The lowest BCUT2D eigenvalue weighted by molar-refractivity contribution is -0.134. The molecule has 2 amide bonds. The first kappa shape index (κ1) is 19.9. The normalized spacial score (nSPS) is 15.1. The Labute approximate surface area is 164 Å². The van der Waals surface area contributed by atoms with Crippen molar-refractivity contribution in [2.45, 2.75) is 38.1 Å². The summed E-state index contributed by atoms with van der Waals surface area (Å²) in [5.74, 6) is 0.236. The van der Waals surface area contributed by atoms with E-state index in [1.807, 2.05) is 4.90 Å². The molecule has 0 bridgehead atoms. The van der Waals surface area contributed by atoms with E-state index in [1.165, 1.54) is 0 Å². The lowest BCUT2D eigenvalue weighted by Gasteiger charge is -2.30. The fourth-order valence-corrected chi connectivity index (χ4v) is 3.35. The van der Waals surface area contributed by atoms with Crippen molar-refractivity contribution >= 4 is 11.8 Å². The van der Waals surface area contributed by atoms with E-state index >= 15 is 0 Å². The first-order chi connectivity index (χ1) is 13.7. The van der Waals surface area contributed by atoms with Crippen LogP contribution in [0.1, 0.15) is 42.5 Å². The maximum atomic E-state index is 12.8. The highest BCUT2D eigenvalue weighted by molar-refractivity contribution is 5.97. The third-order valence-corrected chi connectivity index (χ3v) is 4.89. The number of amides is 2. The summed E-state index contributed by atoms with van der Waals surface area (Å²) in [6.45, 7) is 1.46. The first-order valence-corrected chi connectivity index (χ1v) is 9.77. The summed E-state index contributed by atoms with van der Waals surface area (Å²) >= 11 is 0. The first-order valence-electron chi connectivity index (χ1n) is 9.77. The molecule has 1 saturated heterocycles. The molecule has 0 unspecified atom stereocenters. The van der Waals surface area contributed by atoms with Crippen molar-refractivity contribution in [2.75, 3.05) is 19.7 Å². The Morgan fingerprint density at radius 1 is 1.07 bits per heavy atom. The summed E-state index contributed by atoms with van der Waals surface area (Å²) in [6, 6.07) is 8.12. The van der Waals surface area contributed by atoms with Gasteiger partial charge >= 0.3 is 0 Å². The quantitative estimate of drug-likeness (QED) is 0.764. The van der Waals surface area contributed by atoms with Crippen molar-refractivity contribution in [1.29, 1.82) is 0 Å². The van der Waals surface area contributed by atoms with Gasteiger partial charge in [-0.1, -0.05) is 12.1 Å².